The summed E-state index contributed by atoms with van der Waals surface area (Å²) in [6.07, 6.45) is 1.65. The molecule has 3 rings (SSSR count). The number of nitro benzene ring substituents is 1. The number of sulfonamides is 1. The summed E-state index contributed by atoms with van der Waals surface area (Å²) in [7, 11) is -1.86. The van der Waals surface area contributed by atoms with Crippen LogP contribution in [0.5, 0.6) is 11.8 Å². The number of carbonyl (C=O) groups is 1. The highest BCUT2D eigenvalue weighted by Crippen LogP contribution is 2.35. The molecule has 1 aliphatic rings. The molecule has 1 aromatic heterocycles. The Morgan fingerprint density at radius 1 is 1.17 bits per heavy atom. The zero-order valence-electron chi connectivity index (χ0n) is 15.5. The summed E-state index contributed by atoms with van der Waals surface area (Å²) >= 11 is 0. The zero-order valence-corrected chi connectivity index (χ0v) is 16.3. The Morgan fingerprint density at radius 2 is 1.83 bits per heavy atom. The van der Waals surface area contributed by atoms with Crippen molar-refractivity contribution in [3.63, 3.8) is 0 Å². The van der Waals surface area contributed by atoms with Crippen molar-refractivity contribution >= 4 is 27.7 Å². The monoisotopic (exact) mass is 423 g/mol. The number of ether oxygens (including phenoxy) is 2. The number of aryl methyl sites for hydroxylation is 1. The van der Waals surface area contributed by atoms with Crippen molar-refractivity contribution in [3.05, 3.63) is 39.4 Å². The molecule has 1 aliphatic carbocycles. The Hall–Kier alpha value is -3.48. The van der Waals surface area contributed by atoms with Crippen molar-refractivity contribution in [1.29, 1.82) is 0 Å². The first-order valence-electron chi connectivity index (χ1n) is 8.35. The van der Waals surface area contributed by atoms with Gasteiger partial charge in [-0.3, -0.25) is 15.4 Å². The number of fused-ring (bicyclic) bond motifs is 1. The van der Waals surface area contributed by atoms with Crippen LogP contribution in [0.2, 0.25) is 0 Å². The van der Waals surface area contributed by atoms with Crippen LogP contribution >= 0.6 is 0 Å². The van der Waals surface area contributed by atoms with Crippen molar-refractivity contribution in [1.82, 2.24) is 14.7 Å². The molecule has 1 aromatic carbocycles. The summed E-state index contributed by atoms with van der Waals surface area (Å²) < 4.78 is 37.3. The minimum atomic E-state index is -4.53. The molecule has 2 N–H and O–H groups in total. The molecule has 0 saturated carbocycles. The third-order valence-electron chi connectivity index (χ3n) is 4.22. The largest absolute Gasteiger partial charge is 0.481 e. The first-order chi connectivity index (χ1) is 13.7. The number of urea groups is 1. The fourth-order valence-corrected chi connectivity index (χ4v) is 4.41. The Morgan fingerprint density at radius 3 is 2.41 bits per heavy atom. The molecule has 0 unspecified atom stereocenters. The van der Waals surface area contributed by atoms with E-state index in [0.717, 1.165) is 6.07 Å². The van der Waals surface area contributed by atoms with Crippen molar-refractivity contribution in [2.24, 2.45) is 0 Å². The van der Waals surface area contributed by atoms with Gasteiger partial charge in [0.1, 0.15) is 0 Å². The van der Waals surface area contributed by atoms with Gasteiger partial charge in [0.25, 0.3) is 15.7 Å². The summed E-state index contributed by atoms with van der Waals surface area (Å²) in [6.45, 7) is 0. The Kier molecular flexibility index (Phi) is 5.50. The lowest BCUT2D eigenvalue weighted by atomic mass is 10.1. The zero-order chi connectivity index (χ0) is 21.2. The van der Waals surface area contributed by atoms with Crippen LogP contribution in [0.15, 0.2) is 23.1 Å². The minimum absolute atomic E-state index is 0.0755. The van der Waals surface area contributed by atoms with Crippen LogP contribution in [0.25, 0.3) is 0 Å². The molecule has 154 valence electrons. The molecule has 0 bridgehead atoms. The summed E-state index contributed by atoms with van der Waals surface area (Å²) in [5.41, 5.74) is 0.460. The predicted molar refractivity (Wildman–Crippen MR) is 99.6 cm³/mol. The number of nitrogens with one attached hydrogen (secondary N) is 2. The lowest BCUT2D eigenvalue weighted by Gasteiger charge is -2.12. The first-order valence-corrected chi connectivity index (χ1v) is 9.83. The van der Waals surface area contributed by atoms with E-state index in [0.29, 0.717) is 30.4 Å². The van der Waals surface area contributed by atoms with E-state index in [1.807, 2.05) is 0 Å². The quantitative estimate of drug-likeness (QED) is 0.516. The SMILES string of the molecule is COc1cc(OC)nc(NC(=O)NS(=O)(=O)c2c([N+](=O)[O-])ccc3c2CCC3)n1. The van der Waals surface area contributed by atoms with Crippen LogP contribution in [-0.2, 0) is 22.9 Å². The summed E-state index contributed by atoms with van der Waals surface area (Å²) in [6, 6.07) is 2.84. The van der Waals surface area contributed by atoms with Crippen molar-refractivity contribution < 1.29 is 27.6 Å². The van der Waals surface area contributed by atoms with E-state index >= 15 is 0 Å². The number of hydrogen-bond acceptors (Lipinski definition) is 9. The highest BCUT2D eigenvalue weighted by molar-refractivity contribution is 7.90. The fourth-order valence-electron chi connectivity index (χ4n) is 3.03. The summed E-state index contributed by atoms with van der Waals surface area (Å²) in [5, 5.41) is 13.5. The number of rotatable bonds is 6. The Labute approximate surface area is 165 Å². The van der Waals surface area contributed by atoms with E-state index in [4.69, 9.17) is 9.47 Å². The molecule has 12 nitrogen and oxygen atoms in total. The molecule has 1 heterocycles. The van der Waals surface area contributed by atoms with E-state index in [1.165, 1.54) is 26.4 Å². The van der Waals surface area contributed by atoms with Gasteiger partial charge in [-0.05, 0) is 30.4 Å². The van der Waals surface area contributed by atoms with Gasteiger partial charge in [-0.25, -0.2) is 17.9 Å². The predicted octanol–water partition coefficient (Wildman–Crippen LogP) is 1.40. The Bertz CT molecular complexity index is 1070. The van der Waals surface area contributed by atoms with E-state index in [-0.39, 0.29) is 17.7 Å². The molecule has 0 saturated heterocycles. The lowest BCUT2D eigenvalue weighted by Crippen LogP contribution is -2.35. The van der Waals surface area contributed by atoms with E-state index in [2.05, 4.69) is 15.3 Å². The highest BCUT2D eigenvalue weighted by Gasteiger charge is 2.34. The maximum Gasteiger partial charge on any atom is 0.335 e. The third-order valence-corrected chi connectivity index (χ3v) is 5.67. The maximum absolute atomic E-state index is 12.8. The van der Waals surface area contributed by atoms with Crippen LogP contribution < -0.4 is 19.5 Å². The lowest BCUT2D eigenvalue weighted by molar-refractivity contribution is -0.387. The standard InChI is InChI=1S/C16H17N5O7S/c1-27-12-8-13(28-2)18-15(17-12)19-16(22)20-29(25,26)14-10-5-3-4-9(10)6-7-11(14)21(23)24/h6-8H,3-5H2,1-2H3,(H2,17,18,19,20,22). The van der Waals surface area contributed by atoms with Gasteiger partial charge in [-0.1, -0.05) is 6.07 Å². The van der Waals surface area contributed by atoms with Gasteiger partial charge in [0, 0.05) is 6.07 Å². The van der Waals surface area contributed by atoms with E-state index < -0.39 is 31.6 Å². The van der Waals surface area contributed by atoms with Gasteiger partial charge < -0.3 is 9.47 Å². The number of carbonyl (C=O) groups excluding carboxylic acids is 1. The Balaban J connectivity index is 1.90. The second-order valence-electron chi connectivity index (χ2n) is 6.00. The molecule has 0 radical (unpaired) electrons. The number of aromatic nitrogens is 2. The minimum Gasteiger partial charge on any atom is -0.481 e. The molecule has 29 heavy (non-hydrogen) atoms. The summed E-state index contributed by atoms with van der Waals surface area (Å²) in [4.78, 5) is 30.0. The van der Waals surface area contributed by atoms with Crippen LogP contribution in [0.1, 0.15) is 17.5 Å². The van der Waals surface area contributed by atoms with Crippen molar-refractivity contribution in [2.45, 2.75) is 24.2 Å². The van der Waals surface area contributed by atoms with Gasteiger partial charge in [-0.15, -0.1) is 0 Å². The van der Waals surface area contributed by atoms with E-state index in [9.17, 15) is 23.3 Å². The smallest absolute Gasteiger partial charge is 0.335 e. The molecule has 0 fully saturated rings. The highest BCUT2D eigenvalue weighted by atomic mass is 32.2. The number of hydrogen-bond donors (Lipinski definition) is 2. The third kappa shape index (κ3) is 4.18. The second kappa shape index (κ2) is 7.87. The van der Waals surface area contributed by atoms with Gasteiger partial charge in [0.2, 0.25) is 17.7 Å². The molecule has 13 heteroatoms. The van der Waals surface area contributed by atoms with Gasteiger partial charge in [0.05, 0.1) is 25.2 Å². The van der Waals surface area contributed by atoms with Crippen LogP contribution in [0, 0.1) is 10.1 Å². The maximum atomic E-state index is 12.8. The number of benzene rings is 1. The molecule has 0 spiro atoms. The second-order valence-corrected chi connectivity index (χ2v) is 7.62. The van der Waals surface area contributed by atoms with Crippen LogP contribution in [0.3, 0.4) is 0 Å². The number of nitro groups is 1. The average Bonchev–Trinajstić information content (AvgIpc) is 3.14. The van der Waals surface area contributed by atoms with Crippen molar-refractivity contribution in [2.75, 3.05) is 19.5 Å². The van der Waals surface area contributed by atoms with Crippen LogP contribution in [0.4, 0.5) is 16.4 Å². The van der Waals surface area contributed by atoms with Gasteiger partial charge in [-0.2, -0.15) is 9.97 Å². The molecular weight excluding hydrogens is 406 g/mol. The van der Waals surface area contributed by atoms with Crippen molar-refractivity contribution in [3.8, 4) is 11.8 Å². The number of nitrogens with zero attached hydrogens (tertiary/aromatic N) is 3. The summed E-state index contributed by atoms with van der Waals surface area (Å²) in [5.74, 6) is -0.125. The van der Waals surface area contributed by atoms with E-state index in [1.54, 1.807) is 4.72 Å². The fraction of sp³-hybridized carbons (Fsp3) is 0.312. The molecule has 2 amide bonds. The molecular formula is C16H17N5O7S. The van der Waals surface area contributed by atoms with Gasteiger partial charge in [0.15, 0.2) is 4.90 Å². The first kappa shape index (κ1) is 20.3. The molecule has 0 atom stereocenters. The molecule has 0 aliphatic heterocycles. The number of amides is 2. The normalized spacial score (nSPS) is 12.8. The van der Waals surface area contributed by atoms with Gasteiger partial charge >= 0.3 is 6.03 Å². The average molecular weight is 423 g/mol. The topological polar surface area (TPSA) is 163 Å². The number of methoxy groups -OCH3 is 2. The molecule has 2 aromatic rings. The van der Waals surface area contributed by atoms with Crippen LogP contribution in [-0.4, -0.2) is 43.6 Å². The number of anilines is 1.